The molecule has 0 saturated carbocycles. The van der Waals surface area contributed by atoms with Crippen molar-refractivity contribution < 1.29 is 9.59 Å². The van der Waals surface area contributed by atoms with Gasteiger partial charge in [-0.25, -0.2) is 0 Å². The maximum Gasteiger partial charge on any atom is 0.251 e. The number of hydrogen-bond acceptors (Lipinski definition) is 3. The van der Waals surface area contributed by atoms with Crippen LogP contribution in [-0.4, -0.2) is 49.4 Å². The smallest absolute Gasteiger partial charge is 0.251 e. The van der Waals surface area contributed by atoms with E-state index in [-0.39, 0.29) is 11.8 Å². The summed E-state index contributed by atoms with van der Waals surface area (Å²) in [6, 6.07) is 18.2. The quantitative estimate of drug-likeness (QED) is 0.661. The third kappa shape index (κ3) is 5.95. The van der Waals surface area contributed by atoms with E-state index in [9.17, 15) is 9.59 Å². The van der Waals surface area contributed by atoms with Crippen LogP contribution in [0.5, 0.6) is 0 Å². The summed E-state index contributed by atoms with van der Waals surface area (Å²) >= 11 is 0. The summed E-state index contributed by atoms with van der Waals surface area (Å²) in [6.45, 7) is 4.81. The molecule has 2 aliphatic heterocycles. The Morgan fingerprint density at radius 3 is 2.39 bits per heavy atom. The summed E-state index contributed by atoms with van der Waals surface area (Å²) in [5.74, 6) is 0.916. The Morgan fingerprint density at radius 1 is 0.968 bits per heavy atom. The van der Waals surface area contributed by atoms with Gasteiger partial charge in [-0.2, -0.15) is 0 Å². The van der Waals surface area contributed by atoms with Crippen LogP contribution in [0.2, 0.25) is 0 Å². The zero-order valence-corrected chi connectivity index (χ0v) is 18.3. The Hall–Kier alpha value is -2.66. The first kappa shape index (κ1) is 21.6. The molecule has 2 aliphatic rings. The van der Waals surface area contributed by atoms with E-state index >= 15 is 0 Å². The molecule has 2 saturated heterocycles. The Labute approximate surface area is 185 Å². The lowest BCUT2D eigenvalue weighted by Gasteiger charge is -2.32. The predicted octanol–water partition coefficient (Wildman–Crippen LogP) is 3.89. The number of nitrogens with zero attached hydrogens (tertiary/aromatic N) is 2. The number of piperidine rings is 1. The Balaban J connectivity index is 1.13. The molecule has 2 aromatic rings. The topological polar surface area (TPSA) is 52.7 Å². The molecule has 0 aromatic heterocycles. The number of likely N-dealkylation sites (tertiary alicyclic amines) is 1. The highest BCUT2D eigenvalue weighted by atomic mass is 16.2. The van der Waals surface area contributed by atoms with Gasteiger partial charge in [-0.3, -0.25) is 9.59 Å². The highest BCUT2D eigenvalue weighted by molar-refractivity contribution is 5.97. The molecule has 0 atom stereocenters. The van der Waals surface area contributed by atoms with Gasteiger partial charge in [0.25, 0.3) is 5.91 Å². The minimum Gasteiger partial charge on any atom is -0.352 e. The van der Waals surface area contributed by atoms with Crippen LogP contribution < -0.4 is 10.2 Å². The largest absolute Gasteiger partial charge is 0.352 e. The standard InChI is InChI=1S/C26H33N3O2/c30-25-8-4-17-29(25)24-11-9-23(10-12-24)26(31)27-15-5-16-28-18-13-22(14-19-28)20-21-6-2-1-3-7-21/h1-3,6-7,9-12,22H,4-5,8,13-20H2,(H,27,31). The van der Waals surface area contributed by atoms with Gasteiger partial charge < -0.3 is 15.1 Å². The first-order valence-electron chi connectivity index (χ1n) is 11.6. The fraction of sp³-hybridized carbons (Fsp3) is 0.462. The maximum absolute atomic E-state index is 12.4. The van der Waals surface area contributed by atoms with Gasteiger partial charge in [-0.05, 0) is 87.5 Å². The molecule has 5 heteroatoms. The second-order valence-corrected chi connectivity index (χ2v) is 8.78. The Morgan fingerprint density at radius 2 is 1.71 bits per heavy atom. The minimum absolute atomic E-state index is 0.0409. The molecular formula is C26H33N3O2. The van der Waals surface area contributed by atoms with E-state index in [0.717, 1.165) is 50.6 Å². The van der Waals surface area contributed by atoms with Crippen molar-refractivity contribution in [2.24, 2.45) is 5.92 Å². The fourth-order valence-electron chi connectivity index (χ4n) is 4.68. The molecule has 0 unspecified atom stereocenters. The van der Waals surface area contributed by atoms with Crippen LogP contribution in [0.25, 0.3) is 0 Å². The summed E-state index contributed by atoms with van der Waals surface area (Å²) in [4.78, 5) is 28.6. The molecule has 0 aliphatic carbocycles. The van der Waals surface area contributed by atoms with E-state index in [0.29, 0.717) is 18.5 Å². The summed E-state index contributed by atoms with van der Waals surface area (Å²) in [6.07, 6.45) is 6.20. The number of carbonyl (C=O) groups is 2. The first-order chi connectivity index (χ1) is 15.2. The normalized spacial score (nSPS) is 17.8. The first-order valence-corrected chi connectivity index (χ1v) is 11.6. The monoisotopic (exact) mass is 419 g/mol. The number of rotatable bonds is 8. The molecule has 4 rings (SSSR count). The maximum atomic E-state index is 12.4. The van der Waals surface area contributed by atoms with E-state index in [1.54, 1.807) is 4.90 Å². The molecule has 31 heavy (non-hydrogen) atoms. The summed E-state index contributed by atoms with van der Waals surface area (Å²) in [5.41, 5.74) is 2.98. The van der Waals surface area contributed by atoms with Crippen LogP contribution in [0.15, 0.2) is 54.6 Å². The van der Waals surface area contributed by atoms with Crippen molar-refractivity contribution in [3.63, 3.8) is 0 Å². The molecule has 5 nitrogen and oxygen atoms in total. The second-order valence-electron chi connectivity index (χ2n) is 8.78. The molecule has 2 heterocycles. The van der Waals surface area contributed by atoms with Gasteiger partial charge in [0.2, 0.25) is 5.91 Å². The molecule has 2 fully saturated rings. The van der Waals surface area contributed by atoms with Crippen LogP contribution in [-0.2, 0) is 11.2 Å². The van der Waals surface area contributed by atoms with Gasteiger partial charge in [0.15, 0.2) is 0 Å². The number of benzene rings is 2. The predicted molar refractivity (Wildman–Crippen MR) is 124 cm³/mol. The van der Waals surface area contributed by atoms with Crippen molar-refractivity contribution in [1.82, 2.24) is 10.2 Å². The number of nitrogens with one attached hydrogen (secondary N) is 1. The van der Waals surface area contributed by atoms with Crippen molar-refractivity contribution in [2.45, 2.75) is 38.5 Å². The Bertz CT molecular complexity index is 858. The average molecular weight is 420 g/mol. The second kappa shape index (κ2) is 10.6. The van der Waals surface area contributed by atoms with Gasteiger partial charge in [0, 0.05) is 30.8 Å². The highest BCUT2D eigenvalue weighted by Gasteiger charge is 2.22. The zero-order chi connectivity index (χ0) is 21.5. The van der Waals surface area contributed by atoms with Gasteiger partial charge in [0.1, 0.15) is 0 Å². The number of carbonyl (C=O) groups excluding carboxylic acids is 2. The minimum atomic E-state index is -0.0409. The third-order valence-corrected chi connectivity index (χ3v) is 6.53. The summed E-state index contributed by atoms with van der Waals surface area (Å²) in [7, 11) is 0. The van der Waals surface area contributed by atoms with Crippen molar-refractivity contribution in [1.29, 1.82) is 0 Å². The average Bonchev–Trinajstić information content (AvgIpc) is 3.24. The van der Waals surface area contributed by atoms with Crippen LogP contribution >= 0.6 is 0 Å². The van der Waals surface area contributed by atoms with Crippen molar-refractivity contribution in [3.05, 3.63) is 65.7 Å². The molecule has 164 valence electrons. The van der Waals surface area contributed by atoms with Crippen LogP contribution in [0.3, 0.4) is 0 Å². The van der Waals surface area contributed by atoms with Gasteiger partial charge in [-0.1, -0.05) is 30.3 Å². The van der Waals surface area contributed by atoms with E-state index in [1.165, 1.54) is 24.8 Å². The molecule has 0 spiro atoms. The van der Waals surface area contributed by atoms with Crippen molar-refractivity contribution >= 4 is 17.5 Å². The summed E-state index contributed by atoms with van der Waals surface area (Å²) in [5, 5.41) is 3.03. The molecule has 2 amide bonds. The number of anilines is 1. The molecule has 0 radical (unpaired) electrons. The summed E-state index contributed by atoms with van der Waals surface area (Å²) < 4.78 is 0. The molecule has 2 aromatic carbocycles. The number of amides is 2. The Kier molecular flexibility index (Phi) is 7.36. The van der Waals surface area contributed by atoms with Crippen LogP contribution in [0.4, 0.5) is 5.69 Å². The fourth-order valence-corrected chi connectivity index (χ4v) is 4.68. The van der Waals surface area contributed by atoms with E-state index < -0.39 is 0 Å². The van der Waals surface area contributed by atoms with Crippen LogP contribution in [0, 0.1) is 5.92 Å². The lowest BCUT2D eigenvalue weighted by molar-refractivity contribution is -0.117. The molecule has 0 bridgehead atoms. The van der Waals surface area contributed by atoms with Gasteiger partial charge in [-0.15, -0.1) is 0 Å². The van der Waals surface area contributed by atoms with E-state index in [1.807, 2.05) is 24.3 Å². The van der Waals surface area contributed by atoms with Crippen molar-refractivity contribution in [3.8, 4) is 0 Å². The van der Waals surface area contributed by atoms with Gasteiger partial charge in [0.05, 0.1) is 0 Å². The van der Waals surface area contributed by atoms with Gasteiger partial charge >= 0.3 is 0 Å². The van der Waals surface area contributed by atoms with E-state index in [4.69, 9.17) is 0 Å². The SMILES string of the molecule is O=C(NCCCN1CCC(Cc2ccccc2)CC1)c1ccc(N2CCCC2=O)cc1. The zero-order valence-electron chi connectivity index (χ0n) is 18.3. The van der Waals surface area contributed by atoms with Crippen molar-refractivity contribution in [2.75, 3.05) is 37.6 Å². The lowest BCUT2D eigenvalue weighted by Crippen LogP contribution is -2.36. The molecule has 1 N–H and O–H groups in total. The van der Waals surface area contributed by atoms with E-state index in [2.05, 4.69) is 40.5 Å². The molecular weight excluding hydrogens is 386 g/mol. The highest BCUT2D eigenvalue weighted by Crippen LogP contribution is 2.22. The lowest BCUT2D eigenvalue weighted by atomic mass is 9.90. The third-order valence-electron chi connectivity index (χ3n) is 6.53. The number of hydrogen-bond donors (Lipinski definition) is 1. The van der Waals surface area contributed by atoms with Crippen LogP contribution in [0.1, 0.15) is 48.0 Å².